The van der Waals surface area contributed by atoms with E-state index in [9.17, 15) is 13.9 Å². The Bertz CT molecular complexity index is 558. The van der Waals surface area contributed by atoms with E-state index < -0.39 is 17.7 Å². The van der Waals surface area contributed by atoms with Crippen LogP contribution in [0.1, 0.15) is 28.4 Å². The van der Waals surface area contributed by atoms with Gasteiger partial charge in [-0.3, -0.25) is 0 Å². The molecule has 0 heterocycles. The summed E-state index contributed by atoms with van der Waals surface area (Å²) in [6, 6.07) is 8.55. The summed E-state index contributed by atoms with van der Waals surface area (Å²) >= 11 is 0. The van der Waals surface area contributed by atoms with Gasteiger partial charge in [0.15, 0.2) is 0 Å². The van der Waals surface area contributed by atoms with Crippen molar-refractivity contribution >= 4 is 0 Å². The highest BCUT2D eigenvalue weighted by molar-refractivity contribution is 5.37. The van der Waals surface area contributed by atoms with Crippen LogP contribution in [0.3, 0.4) is 0 Å². The standard InChI is InChI=1S/C15H14F2O/c1-9-5-11(7-13(17)6-9)15(18)14-8-12(16)4-3-10(14)2/h3-8,15,18H,1-2H3. The third-order valence-electron chi connectivity index (χ3n) is 2.92. The van der Waals surface area contributed by atoms with E-state index in [2.05, 4.69) is 0 Å². The molecule has 2 aromatic carbocycles. The fourth-order valence-corrected chi connectivity index (χ4v) is 2.01. The van der Waals surface area contributed by atoms with Gasteiger partial charge in [0.1, 0.15) is 17.7 Å². The average Bonchev–Trinajstić information content (AvgIpc) is 2.30. The van der Waals surface area contributed by atoms with Gasteiger partial charge in [-0.1, -0.05) is 12.1 Å². The van der Waals surface area contributed by atoms with Crippen molar-refractivity contribution in [1.29, 1.82) is 0 Å². The zero-order chi connectivity index (χ0) is 13.3. The third kappa shape index (κ3) is 2.57. The predicted octanol–water partition coefficient (Wildman–Crippen LogP) is 3.66. The number of aliphatic hydroxyl groups excluding tert-OH is 1. The average molecular weight is 248 g/mol. The van der Waals surface area contributed by atoms with E-state index in [4.69, 9.17) is 0 Å². The minimum Gasteiger partial charge on any atom is -0.384 e. The highest BCUT2D eigenvalue weighted by Crippen LogP contribution is 2.26. The molecule has 0 aliphatic carbocycles. The van der Waals surface area contributed by atoms with E-state index in [1.807, 2.05) is 0 Å². The van der Waals surface area contributed by atoms with Crippen LogP contribution in [-0.2, 0) is 0 Å². The second-order valence-electron chi connectivity index (χ2n) is 4.47. The summed E-state index contributed by atoms with van der Waals surface area (Å²) in [5.41, 5.74) is 2.38. The maximum atomic E-state index is 13.3. The Balaban J connectivity index is 2.47. The number of aryl methyl sites for hydroxylation is 2. The monoisotopic (exact) mass is 248 g/mol. The molecule has 0 spiro atoms. The Morgan fingerprint density at radius 2 is 1.67 bits per heavy atom. The molecule has 0 aromatic heterocycles. The summed E-state index contributed by atoms with van der Waals surface area (Å²) in [4.78, 5) is 0. The van der Waals surface area contributed by atoms with Crippen molar-refractivity contribution in [3.8, 4) is 0 Å². The molecule has 1 atom stereocenters. The third-order valence-corrected chi connectivity index (χ3v) is 2.92. The summed E-state index contributed by atoms with van der Waals surface area (Å²) < 4.78 is 26.5. The predicted molar refractivity (Wildman–Crippen MR) is 66.3 cm³/mol. The van der Waals surface area contributed by atoms with Gasteiger partial charge in [0.2, 0.25) is 0 Å². The molecule has 0 fully saturated rings. The molecule has 1 nitrogen and oxygen atoms in total. The van der Waals surface area contributed by atoms with Crippen LogP contribution in [0, 0.1) is 25.5 Å². The van der Waals surface area contributed by atoms with Gasteiger partial charge in [-0.05, 0) is 60.4 Å². The van der Waals surface area contributed by atoms with Crippen molar-refractivity contribution in [1.82, 2.24) is 0 Å². The minimum atomic E-state index is -1.02. The molecule has 0 aliphatic rings. The molecule has 0 saturated carbocycles. The number of rotatable bonds is 2. The van der Waals surface area contributed by atoms with Crippen LogP contribution >= 0.6 is 0 Å². The van der Waals surface area contributed by atoms with E-state index in [1.54, 1.807) is 26.0 Å². The Labute approximate surface area is 105 Å². The van der Waals surface area contributed by atoms with Gasteiger partial charge in [0, 0.05) is 0 Å². The number of aliphatic hydroxyl groups is 1. The van der Waals surface area contributed by atoms with Crippen LogP contribution in [-0.4, -0.2) is 5.11 Å². The summed E-state index contributed by atoms with van der Waals surface area (Å²) in [7, 11) is 0. The number of hydrogen-bond donors (Lipinski definition) is 1. The van der Waals surface area contributed by atoms with Crippen LogP contribution in [0.25, 0.3) is 0 Å². The molecule has 1 unspecified atom stereocenters. The van der Waals surface area contributed by atoms with E-state index in [-0.39, 0.29) is 0 Å². The number of benzene rings is 2. The molecule has 0 amide bonds. The van der Waals surface area contributed by atoms with E-state index in [0.29, 0.717) is 11.1 Å². The fraction of sp³-hybridized carbons (Fsp3) is 0.200. The van der Waals surface area contributed by atoms with Gasteiger partial charge >= 0.3 is 0 Å². The molecule has 2 aromatic rings. The maximum absolute atomic E-state index is 13.3. The first-order chi connectivity index (χ1) is 8.47. The van der Waals surface area contributed by atoms with Crippen molar-refractivity contribution in [2.75, 3.05) is 0 Å². The molecule has 94 valence electrons. The lowest BCUT2D eigenvalue weighted by molar-refractivity contribution is 0.218. The van der Waals surface area contributed by atoms with Gasteiger partial charge < -0.3 is 5.11 Å². The Hall–Kier alpha value is -1.74. The largest absolute Gasteiger partial charge is 0.384 e. The quantitative estimate of drug-likeness (QED) is 0.859. The lowest BCUT2D eigenvalue weighted by Crippen LogP contribution is -2.03. The normalized spacial score (nSPS) is 12.5. The lowest BCUT2D eigenvalue weighted by Gasteiger charge is -2.15. The summed E-state index contributed by atoms with van der Waals surface area (Å²) in [5, 5.41) is 10.2. The highest BCUT2D eigenvalue weighted by Gasteiger charge is 2.15. The molecular formula is C15H14F2O. The van der Waals surface area contributed by atoms with E-state index in [0.717, 1.165) is 11.1 Å². The van der Waals surface area contributed by atoms with Crippen molar-refractivity contribution in [3.63, 3.8) is 0 Å². The van der Waals surface area contributed by atoms with Gasteiger partial charge in [-0.25, -0.2) is 8.78 Å². The molecule has 0 aliphatic heterocycles. The van der Waals surface area contributed by atoms with Crippen molar-refractivity contribution in [2.24, 2.45) is 0 Å². The molecule has 0 bridgehead atoms. The van der Waals surface area contributed by atoms with Gasteiger partial charge in [0.05, 0.1) is 0 Å². The molecule has 18 heavy (non-hydrogen) atoms. The van der Waals surface area contributed by atoms with Gasteiger partial charge in [0.25, 0.3) is 0 Å². The number of hydrogen-bond acceptors (Lipinski definition) is 1. The molecule has 0 saturated heterocycles. The Morgan fingerprint density at radius 1 is 0.944 bits per heavy atom. The molecule has 1 N–H and O–H groups in total. The summed E-state index contributed by atoms with van der Waals surface area (Å²) in [6.07, 6.45) is -1.02. The van der Waals surface area contributed by atoms with Crippen LogP contribution in [0.15, 0.2) is 36.4 Å². The van der Waals surface area contributed by atoms with Crippen molar-refractivity contribution in [3.05, 3.63) is 70.3 Å². The molecule has 2 rings (SSSR count). The van der Waals surface area contributed by atoms with E-state index >= 15 is 0 Å². The first kappa shape index (κ1) is 12.7. The topological polar surface area (TPSA) is 20.2 Å². The second-order valence-corrected chi connectivity index (χ2v) is 4.47. The summed E-state index contributed by atoms with van der Waals surface area (Å²) in [6.45, 7) is 3.53. The van der Waals surface area contributed by atoms with E-state index in [1.165, 1.54) is 24.3 Å². The van der Waals surface area contributed by atoms with Gasteiger partial charge in [-0.2, -0.15) is 0 Å². The van der Waals surface area contributed by atoms with Crippen LogP contribution in [0.4, 0.5) is 8.78 Å². The highest BCUT2D eigenvalue weighted by atomic mass is 19.1. The van der Waals surface area contributed by atoms with Crippen molar-refractivity contribution in [2.45, 2.75) is 20.0 Å². The number of halogens is 2. The maximum Gasteiger partial charge on any atom is 0.123 e. The molecule has 0 radical (unpaired) electrons. The first-order valence-corrected chi connectivity index (χ1v) is 5.68. The Kier molecular flexibility index (Phi) is 3.43. The smallest absolute Gasteiger partial charge is 0.123 e. The lowest BCUT2D eigenvalue weighted by atomic mass is 9.96. The molecule has 3 heteroatoms. The fourth-order valence-electron chi connectivity index (χ4n) is 2.01. The van der Waals surface area contributed by atoms with Crippen molar-refractivity contribution < 1.29 is 13.9 Å². The zero-order valence-corrected chi connectivity index (χ0v) is 10.2. The Morgan fingerprint density at radius 3 is 2.33 bits per heavy atom. The summed E-state index contributed by atoms with van der Waals surface area (Å²) in [5.74, 6) is -0.819. The zero-order valence-electron chi connectivity index (χ0n) is 10.2. The van der Waals surface area contributed by atoms with Gasteiger partial charge in [-0.15, -0.1) is 0 Å². The minimum absolute atomic E-state index is 0.405. The second kappa shape index (κ2) is 4.86. The van der Waals surface area contributed by atoms with Crippen LogP contribution < -0.4 is 0 Å². The SMILES string of the molecule is Cc1cc(F)cc(C(O)c2cc(F)ccc2C)c1. The molecular weight excluding hydrogens is 234 g/mol. The first-order valence-electron chi connectivity index (χ1n) is 5.68. The van der Waals surface area contributed by atoms with Crippen LogP contribution in [0.5, 0.6) is 0 Å². The van der Waals surface area contributed by atoms with Crippen LogP contribution in [0.2, 0.25) is 0 Å².